The van der Waals surface area contributed by atoms with E-state index in [1.54, 1.807) is 23.1 Å². The van der Waals surface area contributed by atoms with Gasteiger partial charge in [0.2, 0.25) is 5.91 Å². The number of hydrogen-bond donors (Lipinski definition) is 1. The Labute approximate surface area is 230 Å². The molecule has 0 radical (unpaired) electrons. The summed E-state index contributed by atoms with van der Waals surface area (Å²) in [5, 5.41) is 15.0. The first kappa shape index (κ1) is 26.5. The smallest absolute Gasteiger partial charge is 0.230 e. The van der Waals surface area contributed by atoms with Crippen molar-refractivity contribution in [3.63, 3.8) is 0 Å². The summed E-state index contributed by atoms with van der Waals surface area (Å²) in [4.78, 5) is 20.1. The molecule has 1 aliphatic rings. The fraction of sp³-hybridized carbons (Fsp3) is 0.481. The number of amides is 1. The van der Waals surface area contributed by atoms with Crippen LogP contribution in [0.25, 0.3) is 15.9 Å². The second-order valence-corrected chi connectivity index (χ2v) is 12.9. The molecule has 196 valence electrons. The third-order valence-electron chi connectivity index (χ3n) is 6.73. The lowest BCUT2D eigenvalue weighted by Gasteiger charge is -2.33. The predicted molar refractivity (Wildman–Crippen MR) is 153 cm³/mol. The van der Waals surface area contributed by atoms with Crippen LogP contribution in [0.3, 0.4) is 0 Å². The van der Waals surface area contributed by atoms with E-state index in [0.717, 1.165) is 52.5 Å². The van der Waals surface area contributed by atoms with E-state index in [4.69, 9.17) is 9.72 Å². The van der Waals surface area contributed by atoms with Crippen LogP contribution in [0, 0.1) is 0 Å². The SMILES string of the molecule is CCCSc1nc2sc3c(c2c2nnc(SCC(=O)N[C@@H](C)Cc4ccccc4)n12)C[C@](C)(CC)OC3. The lowest BCUT2D eigenvalue weighted by atomic mass is 9.90. The topological polar surface area (TPSA) is 81.4 Å². The van der Waals surface area contributed by atoms with Gasteiger partial charge in [-0.1, -0.05) is 67.7 Å². The first-order chi connectivity index (χ1) is 17.9. The predicted octanol–water partition coefficient (Wildman–Crippen LogP) is 5.92. The number of nitrogens with zero attached hydrogens (tertiary/aromatic N) is 4. The van der Waals surface area contributed by atoms with Crippen LogP contribution in [0.5, 0.6) is 0 Å². The van der Waals surface area contributed by atoms with Gasteiger partial charge in [0, 0.05) is 23.1 Å². The van der Waals surface area contributed by atoms with E-state index in [2.05, 4.69) is 52.8 Å². The van der Waals surface area contributed by atoms with E-state index in [1.165, 1.54) is 27.8 Å². The zero-order valence-corrected chi connectivity index (χ0v) is 24.2. The van der Waals surface area contributed by atoms with E-state index in [9.17, 15) is 4.79 Å². The number of rotatable bonds is 10. The number of ether oxygens (including phenoxy) is 1. The maximum atomic E-state index is 12.8. The minimum absolute atomic E-state index is 0.00856. The zero-order chi connectivity index (χ0) is 26.0. The monoisotopic (exact) mass is 555 g/mol. The number of hydrogen-bond acceptors (Lipinski definition) is 8. The molecular formula is C27H33N5O2S3. The number of thiophene rings is 1. The molecular weight excluding hydrogens is 523 g/mol. The Bertz CT molecular complexity index is 1400. The molecule has 1 aromatic carbocycles. The van der Waals surface area contributed by atoms with Crippen molar-refractivity contribution >= 4 is 56.6 Å². The quantitative estimate of drug-likeness (QED) is 0.192. The van der Waals surface area contributed by atoms with Gasteiger partial charge in [-0.25, -0.2) is 9.38 Å². The van der Waals surface area contributed by atoms with E-state index in [-0.39, 0.29) is 23.3 Å². The number of aromatic nitrogens is 4. The van der Waals surface area contributed by atoms with E-state index in [0.29, 0.717) is 11.8 Å². The summed E-state index contributed by atoms with van der Waals surface area (Å²) in [6.45, 7) is 9.16. The lowest BCUT2D eigenvalue weighted by Crippen LogP contribution is -2.35. The fourth-order valence-corrected chi connectivity index (χ4v) is 7.39. The molecule has 37 heavy (non-hydrogen) atoms. The third-order valence-corrected chi connectivity index (χ3v) is 9.90. The summed E-state index contributed by atoms with van der Waals surface area (Å²) in [7, 11) is 0. The summed E-state index contributed by atoms with van der Waals surface area (Å²) >= 11 is 4.84. The van der Waals surface area contributed by atoms with Crippen LogP contribution in [-0.4, -0.2) is 48.6 Å². The fourth-order valence-electron chi connectivity index (χ4n) is 4.59. The molecule has 10 heteroatoms. The molecule has 4 aromatic rings. The van der Waals surface area contributed by atoms with Crippen LogP contribution >= 0.6 is 34.9 Å². The van der Waals surface area contributed by atoms with Crippen molar-refractivity contribution in [3.05, 3.63) is 46.3 Å². The van der Waals surface area contributed by atoms with Crippen LogP contribution in [0.1, 0.15) is 56.5 Å². The van der Waals surface area contributed by atoms with E-state index < -0.39 is 0 Å². The molecule has 1 amide bonds. The van der Waals surface area contributed by atoms with Crippen molar-refractivity contribution in [1.29, 1.82) is 0 Å². The van der Waals surface area contributed by atoms with Crippen molar-refractivity contribution < 1.29 is 9.53 Å². The van der Waals surface area contributed by atoms with Gasteiger partial charge in [0.15, 0.2) is 16.0 Å². The average Bonchev–Trinajstić information content (AvgIpc) is 3.47. The molecule has 0 bridgehead atoms. The first-order valence-corrected chi connectivity index (χ1v) is 15.6. The number of thioether (sulfide) groups is 2. The van der Waals surface area contributed by atoms with Gasteiger partial charge in [0.1, 0.15) is 4.83 Å². The summed E-state index contributed by atoms with van der Waals surface area (Å²) in [6.07, 6.45) is 3.63. The van der Waals surface area contributed by atoms with Crippen LogP contribution < -0.4 is 5.32 Å². The number of benzene rings is 1. The minimum Gasteiger partial charge on any atom is -0.369 e. The number of fused-ring (bicyclic) bond motifs is 5. The number of carbonyl (C=O) groups is 1. The van der Waals surface area contributed by atoms with Gasteiger partial charge < -0.3 is 10.1 Å². The summed E-state index contributed by atoms with van der Waals surface area (Å²) in [5.41, 5.74) is 3.15. The Hall–Kier alpha value is -2.14. The first-order valence-electron chi connectivity index (χ1n) is 12.8. The Morgan fingerprint density at radius 1 is 1.22 bits per heavy atom. The second-order valence-electron chi connectivity index (χ2n) is 9.78. The van der Waals surface area contributed by atoms with Gasteiger partial charge >= 0.3 is 0 Å². The molecule has 0 aliphatic carbocycles. The van der Waals surface area contributed by atoms with Crippen LogP contribution in [0.4, 0.5) is 0 Å². The van der Waals surface area contributed by atoms with E-state index in [1.807, 2.05) is 25.1 Å². The van der Waals surface area contributed by atoms with Gasteiger partial charge in [0.25, 0.3) is 0 Å². The highest BCUT2D eigenvalue weighted by Crippen LogP contribution is 2.42. The van der Waals surface area contributed by atoms with Crippen LogP contribution in [0.15, 0.2) is 40.6 Å². The molecule has 7 nitrogen and oxygen atoms in total. The third kappa shape index (κ3) is 5.67. The molecule has 0 saturated carbocycles. The average molecular weight is 556 g/mol. The molecule has 0 unspecified atom stereocenters. The molecule has 5 rings (SSSR count). The number of carbonyl (C=O) groups excluding carboxylic acids is 1. The number of nitrogens with one attached hydrogen (secondary N) is 1. The molecule has 4 heterocycles. The van der Waals surface area contributed by atoms with Crippen LogP contribution in [-0.2, 0) is 29.0 Å². The van der Waals surface area contributed by atoms with Crippen molar-refractivity contribution in [1.82, 2.24) is 24.9 Å². The lowest BCUT2D eigenvalue weighted by molar-refractivity contribution is -0.119. The highest BCUT2D eigenvalue weighted by atomic mass is 32.2. The molecule has 3 aromatic heterocycles. The summed E-state index contributed by atoms with van der Waals surface area (Å²) in [5.74, 6) is 1.22. The van der Waals surface area contributed by atoms with Crippen molar-refractivity contribution in [3.8, 4) is 0 Å². The second kappa shape index (κ2) is 11.3. The molecule has 2 atom stereocenters. The van der Waals surface area contributed by atoms with E-state index >= 15 is 0 Å². The molecule has 1 N–H and O–H groups in total. The molecule has 0 fully saturated rings. The Morgan fingerprint density at radius 2 is 2.03 bits per heavy atom. The standard InChI is InChI=1S/C27H33N5O2S3/c1-5-12-35-25-29-24-22(19-14-27(4,6-2)34-15-20(19)37-24)23-30-31-26(32(23)25)36-16-21(33)28-17(3)13-18-10-8-7-9-11-18/h7-11,17H,5-6,12-16H2,1-4H3,(H,28,33)/t17-,27-/m0/s1. The highest BCUT2D eigenvalue weighted by molar-refractivity contribution is 8.00. The Morgan fingerprint density at radius 3 is 2.78 bits per heavy atom. The Kier molecular flexibility index (Phi) is 8.09. The zero-order valence-electron chi connectivity index (χ0n) is 21.7. The summed E-state index contributed by atoms with van der Waals surface area (Å²) in [6, 6.07) is 10.3. The molecule has 0 saturated heterocycles. The van der Waals surface area contributed by atoms with Crippen molar-refractivity contribution in [2.24, 2.45) is 0 Å². The summed E-state index contributed by atoms with van der Waals surface area (Å²) < 4.78 is 8.26. The van der Waals surface area contributed by atoms with Gasteiger partial charge in [-0.3, -0.25) is 4.79 Å². The van der Waals surface area contributed by atoms with Gasteiger partial charge in [0.05, 0.1) is 23.3 Å². The maximum Gasteiger partial charge on any atom is 0.230 e. The van der Waals surface area contributed by atoms with Gasteiger partial charge in [-0.2, -0.15) is 0 Å². The minimum atomic E-state index is -0.181. The highest BCUT2D eigenvalue weighted by Gasteiger charge is 2.33. The van der Waals surface area contributed by atoms with Gasteiger partial charge in [-0.15, -0.1) is 21.5 Å². The normalized spacial score (nSPS) is 18.3. The van der Waals surface area contributed by atoms with Crippen LogP contribution in [0.2, 0.25) is 0 Å². The molecule has 1 aliphatic heterocycles. The Balaban J connectivity index is 1.40. The van der Waals surface area contributed by atoms with Gasteiger partial charge in [-0.05, 0) is 44.2 Å². The van der Waals surface area contributed by atoms with Crippen molar-refractivity contribution in [2.75, 3.05) is 11.5 Å². The molecule has 0 spiro atoms. The largest absolute Gasteiger partial charge is 0.369 e. The van der Waals surface area contributed by atoms with Crippen molar-refractivity contribution in [2.45, 2.75) is 81.9 Å². The maximum absolute atomic E-state index is 12.8.